The van der Waals surface area contributed by atoms with E-state index in [4.69, 9.17) is 0 Å². The number of nitrogens with zero attached hydrogens (tertiary/aromatic N) is 1. The van der Waals surface area contributed by atoms with Crippen molar-refractivity contribution in [1.29, 1.82) is 0 Å². The molecule has 0 saturated heterocycles. The van der Waals surface area contributed by atoms with E-state index < -0.39 is 0 Å². The van der Waals surface area contributed by atoms with Gasteiger partial charge in [0, 0.05) is 12.4 Å². The van der Waals surface area contributed by atoms with Crippen molar-refractivity contribution >= 4 is 0 Å². The van der Waals surface area contributed by atoms with E-state index in [1.165, 1.54) is 11.1 Å². The Morgan fingerprint density at radius 3 is 2.36 bits per heavy atom. The molecule has 2 aromatic rings. The van der Waals surface area contributed by atoms with Gasteiger partial charge < -0.3 is 5.43 Å². The largest absolute Gasteiger partial charge is 0.322 e. The van der Waals surface area contributed by atoms with Crippen molar-refractivity contribution in [2.75, 3.05) is 5.43 Å². The molecule has 2 rings (SSSR count). The summed E-state index contributed by atoms with van der Waals surface area (Å²) < 4.78 is 1.96. The van der Waals surface area contributed by atoms with Crippen LogP contribution < -0.4 is 5.43 Å². The summed E-state index contributed by atoms with van der Waals surface area (Å²) in [6.45, 7) is 2.96. The van der Waals surface area contributed by atoms with Crippen LogP contribution in [0.25, 0.3) is 0 Å². The maximum atomic E-state index is 3.28. The predicted molar refractivity (Wildman–Crippen MR) is 58.7 cm³/mol. The summed E-state index contributed by atoms with van der Waals surface area (Å²) in [6, 6.07) is 12.6. The molecule has 2 heteroatoms. The molecule has 0 unspecified atom stereocenters. The van der Waals surface area contributed by atoms with Gasteiger partial charge in [0.2, 0.25) is 0 Å². The van der Waals surface area contributed by atoms with E-state index in [2.05, 4.69) is 36.6 Å². The lowest BCUT2D eigenvalue weighted by molar-refractivity contribution is 0.847. The molecular weight excluding hydrogens is 172 g/mol. The lowest BCUT2D eigenvalue weighted by Crippen LogP contribution is -2.11. The van der Waals surface area contributed by atoms with Crippen LogP contribution in [0.1, 0.15) is 11.1 Å². The van der Waals surface area contributed by atoms with E-state index in [-0.39, 0.29) is 0 Å². The number of hydrogen-bond acceptors (Lipinski definition) is 1. The van der Waals surface area contributed by atoms with Crippen LogP contribution in [0.2, 0.25) is 0 Å². The van der Waals surface area contributed by atoms with Crippen molar-refractivity contribution in [2.24, 2.45) is 0 Å². The Kier molecular flexibility index (Phi) is 2.54. The Hall–Kier alpha value is -1.70. The second-order valence-corrected chi connectivity index (χ2v) is 3.41. The van der Waals surface area contributed by atoms with E-state index >= 15 is 0 Å². The van der Waals surface area contributed by atoms with Crippen LogP contribution in [0.3, 0.4) is 0 Å². The number of nitrogens with one attached hydrogen (secondary N) is 1. The minimum Gasteiger partial charge on any atom is -0.322 e. The monoisotopic (exact) mass is 186 g/mol. The molecule has 72 valence electrons. The smallest absolute Gasteiger partial charge is 0.0564 e. The molecule has 0 atom stereocenters. The molecule has 0 amide bonds. The SMILES string of the molecule is Cc1ccc(CNn2cccc2)cc1. The molecular formula is C12H14N2. The van der Waals surface area contributed by atoms with Gasteiger partial charge in [0.1, 0.15) is 0 Å². The second-order valence-electron chi connectivity index (χ2n) is 3.41. The van der Waals surface area contributed by atoms with Crippen molar-refractivity contribution < 1.29 is 0 Å². The molecule has 0 aliphatic rings. The van der Waals surface area contributed by atoms with Crippen molar-refractivity contribution in [3.8, 4) is 0 Å². The summed E-state index contributed by atoms with van der Waals surface area (Å²) in [5.74, 6) is 0. The zero-order valence-electron chi connectivity index (χ0n) is 8.27. The van der Waals surface area contributed by atoms with Crippen molar-refractivity contribution in [3.05, 3.63) is 59.9 Å². The lowest BCUT2D eigenvalue weighted by Gasteiger charge is -2.07. The highest BCUT2D eigenvalue weighted by atomic mass is 15.4. The topological polar surface area (TPSA) is 17.0 Å². The lowest BCUT2D eigenvalue weighted by atomic mass is 10.1. The Morgan fingerprint density at radius 2 is 1.71 bits per heavy atom. The molecule has 0 saturated carbocycles. The fourth-order valence-corrected chi connectivity index (χ4v) is 1.33. The molecule has 14 heavy (non-hydrogen) atoms. The summed E-state index contributed by atoms with van der Waals surface area (Å²) >= 11 is 0. The Labute approximate surface area is 84.2 Å². The van der Waals surface area contributed by atoms with E-state index in [0.29, 0.717) is 0 Å². The molecule has 2 nitrogen and oxygen atoms in total. The number of aromatic nitrogens is 1. The summed E-state index contributed by atoms with van der Waals surface area (Å²) in [5.41, 5.74) is 5.87. The van der Waals surface area contributed by atoms with Crippen LogP contribution in [0, 0.1) is 6.92 Å². The average Bonchev–Trinajstić information content (AvgIpc) is 2.70. The Morgan fingerprint density at radius 1 is 1.07 bits per heavy atom. The standard InChI is InChI=1S/C12H14N2/c1-11-4-6-12(7-5-11)10-13-14-8-2-3-9-14/h2-9,13H,10H2,1H3. The van der Waals surface area contributed by atoms with Gasteiger partial charge in [-0.3, -0.25) is 4.68 Å². The number of hydrogen-bond donors (Lipinski definition) is 1. The van der Waals surface area contributed by atoms with Crippen molar-refractivity contribution in [3.63, 3.8) is 0 Å². The van der Waals surface area contributed by atoms with Gasteiger partial charge in [-0.15, -0.1) is 0 Å². The quantitative estimate of drug-likeness (QED) is 0.779. The zero-order valence-corrected chi connectivity index (χ0v) is 8.27. The van der Waals surface area contributed by atoms with Crippen LogP contribution in [-0.4, -0.2) is 4.68 Å². The van der Waals surface area contributed by atoms with Gasteiger partial charge >= 0.3 is 0 Å². The fourth-order valence-electron chi connectivity index (χ4n) is 1.33. The summed E-state index contributed by atoms with van der Waals surface area (Å²) in [4.78, 5) is 0. The molecule has 0 bridgehead atoms. The van der Waals surface area contributed by atoms with Gasteiger partial charge in [-0.2, -0.15) is 0 Å². The number of benzene rings is 1. The normalized spacial score (nSPS) is 10.1. The van der Waals surface area contributed by atoms with Crippen molar-refractivity contribution in [1.82, 2.24) is 4.68 Å². The Bertz CT molecular complexity index is 373. The third kappa shape index (κ3) is 2.16. The fraction of sp³-hybridized carbons (Fsp3) is 0.167. The van der Waals surface area contributed by atoms with Crippen LogP contribution in [0.4, 0.5) is 0 Å². The number of rotatable bonds is 3. The molecule has 1 heterocycles. The highest BCUT2D eigenvalue weighted by Gasteiger charge is 1.91. The maximum Gasteiger partial charge on any atom is 0.0564 e. The first-order valence-corrected chi connectivity index (χ1v) is 4.77. The van der Waals surface area contributed by atoms with E-state index in [1.54, 1.807) is 0 Å². The summed E-state index contributed by atoms with van der Waals surface area (Å²) in [7, 11) is 0. The Balaban J connectivity index is 1.95. The van der Waals surface area contributed by atoms with Crippen LogP contribution in [0.5, 0.6) is 0 Å². The molecule has 0 spiro atoms. The highest BCUT2D eigenvalue weighted by molar-refractivity contribution is 5.22. The minimum atomic E-state index is 0.856. The van der Waals surface area contributed by atoms with Gasteiger partial charge in [0.05, 0.1) is 6.54 Å². The summed E-state index contributed by atoms with van der Waals surface area (Å²) in [6.07, 6.45) is 3.99. The first kappa shape index (κ1) is 8.88. The van der Waals surface area contributed by atoms with Gasteiger partial charge in [0.25, 0.3) is 0 Å². The number of aryl methyl sites for hydroxylation is 1. The van der Waals surface area contributed by atoms with Gasteiger partial charge in [-0.05, 0) is 24.6 Å². The van der Waals surface area contributed by atoms with E-state index in [0.717, 1.165) is 6.54 Å². The minimum absolute atomic E-state index is 0.856. The van der Waals surface area contributed by atoms with Crippen LogP contribution in [-0.2, 0) is 6.54 Å². The molecule has 0 aliphatic heterocycles. The van der Waals surface area contributed by atoms with Gasteiger partial charge in [0.15, 0.2) is 0 Å². The molecule has 0 aliphatic carbocycles. The predicted octanol–water partition coefficient (Wildman–Crippen LogP) is 2.54. The van der Waals surface area contributed by atoms with Crippen LogP contribution >= 0.6 is 0 Å². The third-order valence-corrected chi connectivity index (χ3v) is 2.19. The molecule has 1 aromatic carbocycles. The average molecular weight is 186 g/mol. The van der Waals surface area contributed by atoms with E-state index in [1.807, 2.05) is 29.2 Å². The molecule has 0 radical (unpaired) electrons. The summed E-state index contributed by atoms with van der Waals surface area (Å²) in [5, 5.41) is 0. The molecule has 1 N–H and O–H groups in total. The zero-order chi connectivity index (χ0) is 9.80. The third-order valence-electron chi connectivity index (χ3n) is 2.19. The first-order chi connectivity index (χ1) is 6.84. The molecule has 0 fully saturated rings. The molecule has 1 aromatic heterocycles. The van der Waals surface area contributed by atoms with Gasteiger partial charge in [-0.1, -0.05) is 29.8 Å². The highest BCUT2D eigenvalue weighted by Crippen LogP contribution is 2.02. The first-order valence-electron chi connectivity index (χ1n) is 4.77. The second kappa shape index (κ2) is 4.01. The van der Waals surface area contributed by atoms with Crippen LogP contribution in [0.15, 0.2) is 48.8 Å². The van der Waals surface area contributed by atoms with Crippen molar-refractivity contribution in [2.45, 2.75) is 13.5 Å². The van der Waals surface area contributed by atoms with Gasteiger partial charge in [-0.25, -0.2) is 0 Å². The maximum absolute atomic E-state index is 3.28. The van der Waals surface area contributed by atoms with E-state index in [9.17, 15) is 0 Å².